The minimum Gasteiger partial charge on any atom is -0.343 e. The van der Waals surface area contributed by atoms with Gasteiger partial charge >= 0.3 is 12.2 Å². The molecule has 8 heteroatoms. The van der Waals surface area contributed by atoms with Gasteiger partial charge in [0.2, 0.25) is 5.91 Å². The lowest BCUT2D eigenvalue weighted by Crippen LogP contribution is -2.44. The fraction of sp³-hybridized carbons (Fsp3) is 0.500. The molecule has 1 heterocycles. The van der Waals surface area contributed by atoms with E-state index in [0.717, 1.165) is 6.42 Å². The van der Waals surface area contributed by atoms with Crippen LogP contribution in [0.1, 0.15) is 30.9 Å². The molecular weight excluding hydrogens is 323 g/mol. The summed E-state index contributed by atoms with van der Waals surface area (Å²) in [6.07, 6.45) is -2.71. The van der Waals surface area contributed by atoms with Crippen LogP contribution >= 0.6 is 0 Å². The largest absolute Gasteiger partial charge is 0.412 e. The van der Waals surface area contributed by atoms with Crippen LogP contribution in [0.25, 0.3) is 0 Å². The summed E-state index contributed by atoms with van der Waals surface area (Å²) < 4.78 is 39.3. The van der Waals surface area contributed by atoms with E-state index in [9.17, 15) is 22.8 Å². The Labute approximate surface area is 138 Å². The standard InChI is InChI=1S/C16H20F3N3O2/c17-16(18,19)14(12-6-2-1-3-7-12)21-15(24)20-9-5-11-22-10-4-8-13(22)23/h1-3,6-7,14H,4-5,8-11H2,(H2,20,21,24)/t14-/m1/s1. The van der Waals surface area contributed by atoms with E-state index in [1.165, 1.54) is 24.3 Å². The van der Waals surface area contributed by atoms with Crippen molar-refractivity contribution in [2.24, 2.45) is 0 Å². The van der Waals surface area contributed by atoms with E-state index in [1.807, 2.05) is 5.32 Å². The van der Waals surface area contributed by atoms with Crippen LogP contribution in [0.3, 0.4) is 0 Å². The molecular formula is C16H20F3N3O2. The highest BCUT2D eigenvalue weighted by Crippen LogP contribution is 2.32. The van der Waals surface area contributed by atoms with Crippen LogP contribution in [-0.2, 0) is 4.79 Å². The highest BCUT2D eigenvalue weighted by molar-refractivity contribution is 5.78. The lowest BCUT2D eigenvalue weighted by Gasteiger charge is -2.22. The number of halogens is 3. The van der Waals surface area contributed by atoms with Crippen LogP contribution < -0.4 is 10.6 Å². The highest BCUT2D eigenvalue weighted by Gasteiger charge is 2.41. The van der Waals surface area contributed by atoms with Gasteiger partial charge in [0.05, 0.1) is 0 Å². The van der Waals surface area contributed by atoms with Crippen LogP contribution in [0.15, 0.2) is 30.3 Å². The van der Waals surface area contributed by atoms with Crippen molar-refractivity contribution in [3.63, 3.8) is 0 Å². The first-order valence-corrected chi connectivity index (χ1v) is 7.82. The van der Waals surface area contributed by atoms with E-state index in [-0.39, 0.29) is 18.0 Å². The van der Waals surface area contributed by atoms with E-state index in [1.54, 1.807) is 11.0 Å². The molecule has 1 fully saturated rings. The van der Waals surface area contributed by atoms with E-state index < -0.39 is 18.2 Å². The Balaban J connectivity index is 1.79. The summed E-state index contributed by atoms with van der Waals surface area (Å²) in [6.45, 7) is 1.41. The van der Waals surface area contributed by atoms with E-state index >= 15 is 0 Å². The summed E-state index contributed by atoms with van der Waals surface area (Å²) in [4.78, 5) is 24.8. The summed E-state index contributed by atoms with van der Waals surface area (Å²) in [6, 6.07) is 4.28. The average molecular weight is 343 g/mol. The number of benzene rings is 1. The third-order valence-electron chi connectivity index (χ3n) is 3.80. The Bertz CT molecular complexity index is 563. The fourth-order valence-electron chi connectivity index (χ4n) is 2.59. The molecule has 1 aliphatic rings. The first-order valence-electron chi connectivity index (χ1n) is 7.82. The molecule has 1 atom stereocenters. The smallest absolute Gasteiger partial charge is 0.343 e. The number of hydrogen-bond acceptors (Lipinski definition) is 2. The molecule has 24 heavy (non-hydrogen) atoms. The van der Waals surface area contributed by atoms with Gasteiger partial charge in [-0.05, 0) is 18.4 Å². The summed E-state index contributed by atoms with van der Waals surface area (Å²) in [5.74, 6) is 0.0839. The fourth-order valence-corrected chi connectivity index (χ4v) is 2.59. The number of amides is 3. The molecule has 0 saturated carbocycles. The number of urea groups is 1. The van der Waals surface area contributed by atoms with Gasteiger partial charge in [0.15, 0.2) is 6.04 Å². The van der Waals surface area contributed by atoms with Gasteiger partial charge in [-0.1, -0.05) is 30.3 Å². The molecule has 2 N–H and O–H groups in total. The maximum Gasteiger partial charge on any atom is 0.412 e. The first-order chi connectivity index (χ1) is 11.4. The van der Waals surface area contributed by atoms with Gasteiger partial charge in [0.1, 0.15) is 0 Å². The molecule has 0 bridgehead atoms. The molecule has 1 aromatic carbocycles. The Kier molecular flexibility index (Phi) is 6.05. The third-order valence-corrected chi connectivity index (χ3v) is 3.80. The number of alkyl halides is 3. The molecule has 0 aromatic heterocycles. The first kappa shape index (κ1) is 18.1. The van der Waals surface area contributed by atoms with Gasteiger partial charge in [0, 0.05) is 26.1 Å². The maximum atomic E-state index is 13.1. The summed E-state index contributed by atoms with van der Waals surface area (Å²) >= 11 is 0. The Morgan fingerprint density at radius 2 is 1.96 bits per heavy atom. The number of hydrogen-bond donors (Lipinski definition) is 2. The minimum absolute atomic E-state index is 0.0252. The van der Waals surface area contributed by atoms with Crippen molar-refractivity contribution in [3.05, 3.63) is 35.9 Å². The highest BCUT2D eigenvalue weighted by atomic mass is 19.4. The monoisotopic (exact) mass is 343 g/mol. The van der Waals surface area contributed by atoms with Gasteiger partial charge in [-0.25, -0.2) is 4.79 Å². The second kappa shape index (κ2) is 8.03. The summed E-state index contributed by atoms with van der Waals surface area (Å²) in [5, 5.41) is 4.36. The quantitative estimate of drug-likeness (QED) is 0.780. The average Bonchev–Trinajstić information content (AvgIpc) is 2.94. The molecule has 2 rings (SSSR count). The van der Waals surface area contributed by atoms with Crippen molar-refractivity contribution in [1.82, 2.24) is 15.5 Å². The van der Waals surface area contributed by atoms with Gasteiger partial charge < -0.3 is 15.5 Å². The van der Waals surface area contributed by atoms with Crippen molar-refractivity contribution < 1.29 is 22.8 Å². The number of nitrogens with one attached hydrogen (secondary N) is 2. The van der Waals surface area contributed by atoms with Crippen molar-refractivity contribution in [2.45, 2.75) is 31.5 Å². The van der Waals surface area contributed by atoms with Crippen molar-refractivity contribution in [1.29, 1.82) is 0 Å². The Hall–Kier alpha value is -2.25. The van der Waals surface area contributed by atoms with E-state index in [4.69, 9.17) is 0 Å². The molecule has 1 saturated heterocycles. The predicted molar refractivity (Wildman–Crippen MR) is 82.2 cm³/mol. The molecule has 0 spiro atoms. The van der Waals surface area contributed by atoms with Crippen molar-refractivity contribution >= 4 is 11.9 Å². The number of carbonyl (C=O) groups is 2. The zero-order chi connectivity index (χ0) is 17.6. The lowest BCUT2D eigenvalue weighted by atomic mass is 10.1. The van der Waals surface area contributed by atoms with Crippen molar-refractivity contribution in [2.75, 3.05) is 19.6 Å². The zero-order valence-electron chi connectivity index (χ0n) is 13.1. The van der Waals surface area contributed by atoms with Gasteiger partial charge in [0.25, 0.3) is 0 Å². The molecule has 3 amide bonds. The van der Waals surface area contributed by atoms with E-state index in [0.29, 0.717) is 25.9 Å². The summed E-state index contributed by atoms with van der Waals surface area (Å²) in [7, 11) is 0. The SMILES string of the molecule is O=C(NCCCN1CCCC1=O)N[C@H](c1ccccc1)C(F)(F)F. The second-order valence-corrected chi connectivity index (χ2v) is 5.62. The molecule has 5 nitrogen and oxygen atoms in total. The van der Waals surface area contributed by atoms with Gasteiger partial charge in [-0.3, -0.25) is 4.79 Å². The zero-order valence-corrected chi connectivity index (χ0v) is 13.1. The molecule has 1 aromatic rings. The lowest BCUT2D eigenvalue weighted by molar-refractivity contribution is -0.155. The Morgan fingerprint density at radius 3 is 2.54 bits per heavy atom. The number of rotatable bonds is 6. The number of carbonyl (C=O) groups excluding carboxylic acids is 2. The third kappa shape index (κ3) is 5.14. The number of likely N-dealkylation sites (tertiary alicyclic amines) is 1. The van der Waals surface area contributed by atoms with Crippen LogP contribution in [-0.4, -0.2) is 42.6 Å². The van der Waals surface area contributed by atoms with Crippen LogP contribution in [0, 0.1) is 0 Å². The predicted octanol–water partition coefficient (Wildman–Crippen LogP) is 2.60. The van der Waals surface area contributed by atoms with E-state index in [2.05, 4.69) is 5.32 Å². The minimum atomic E-state index is -4.58. The van der Waals surface area contributed by atoms with Crippen molar-refractivity contribution in [3.8, 4) is 0 Å². The van der Waals surface area contributed by atoms with Gasteiger partial charge in [-0.2, -0.15) is 13.2 Å². The molecule has 132 valence electrons. The molecule has 0 radical (unpaired) electrons. The summed E-state index contributed by atoms with van der Waals surface area (Å²) in [5.41, 5.74) is -0.0252. The van der Waals surface area contributed by atoms with Crippen LogP contribution in [0.2, 0.25) is 0 Å². The van der Waals surface area contributed by atoms with Gasteiger partial charge in [-0.15, -0.1) is 0 Å². The maximum absolute atomic E-state index is 13.1. The van der Waals surface area contributed by atoms with Crippen LogP contribution in [0.5, 0.6) is 0 Å². The molecule has 0 aliphatic carbocycles. The topological polar surface area (TPSA) is 61.4 Å². The molecule has 1 aliphatic heterocycles. The van der Waals surface area contributed by atoms with Crippen LogP contribution in [0.4, 0.5) is 18.0 Å². The Morgan fingerprint density at radius 1 is 1.25 bits per heavy atom. The molecule has 0 unspecified atom stereocenters. The second-order valence-electron chi connectivity index (χ2n) is 5.62. The number of nitrogens with zero attached hydrogens (tertiary/aromatic N) is 1. The normalized spacial score (nSPS) is 16.1.